The number of fused-ring (bicyclic) bond motifs is 2. The van der Waals surface area contributed by atoms with Crippen LogP contribution in [0.15, 0.2) is 66.9 Å². The number of hydrogen-bond donors (Lipinski definition) is 1. The molecule has 0 spiro atoms. The zero-order chi connectivity index (χ0) is 21.4. The van der Waals surface area contributed by atoms with Crippen LogP contribution in [-0.4, -0.2) is 50.0 Å². The summed E-state index contributed by atoms with van der Waals surface area (Å²) in [6.45, 7) is 1.99. The fraction of sp³-hybridized carbons (Fsp3) is 0.208. The standard InChI is InChI=1S/C24H23N5O2/c1-27(15-17-7-3-2-4-8-17)23(30)19-14-25-29-12-11-28(16-22(19)29)24(31)21-13-18-9-5-6-10-20(18)26-21/h2-10,13-14,26H,11-12,15-16H2,1H3. The van der Waals surface area contributed by atoms with E-state index >= 15 is 0 Å². The van der Waals surface area contributed by atoms with Gasteiger partial charge in [-0.25, -0.2) is 0 Å². The van der Waals surface area contributed by atoms with Gasteiger partial charge in [0.25, 0.3) is 11.8 Å². The van der Waals surface area contributed by atoms with E-state index in [9.17, 15) is 9.59 Å². The van der Waals surface area contributed by atoms with Gasteiger partial charge in [-0.05, 0) is 17.7 Å². The lowest BCUT2D eigenvalue weighted by Crippen LogP contribution is -2.39. The number of benzene rings is 2. The second-order valence-electron chi connectivity index (χ2n) is 7.87. The van der Waals surface area contributed by atoms with Gasteiger partial charge in [0.05, 0.1) is 30.5 Å². The van der Waals surface area contributed by atoms with E-state index < -0.39 is 0 Å². The van der Waals surface area contributed by atoms with E-state index in [0.717, 1.165) is 22.2 Å². The molecule has 1 aliphatic rings. The summed E-state index contributed by atoms with van der Waals surface area (Å²) >= 11 is 0. The summed E-state index contributed by atoms with van der Waals surface area (Å²) in [4.78, 5) is 32.9. The lowest BCUT2D eigenvalue weighted by Gasteiger charge is -2.28. The van der Waals surface area contributed by atoms with Crippen molar-refractivity contribution in [2.75, 3.05) is 13.6 Å². The molecule has 0 radical (unpaired) electrons. The van der Waals surface area contributed by atoms with Crippen LogP contribution in [0.4, 0.5) is 0 Å². The summed E-state index contributed by atoms with van der Waals surface area (Å²) in [6, 6.07) is 19.6. The highest BCUT2D eigenvalue weighted by molar-refractivity contribution is 5.98. The van der Waals surface area contributed by atoms with Crippen molar-refractivity contribution >= 4 is 22.7 Å². The molecule has 0 bridgehead atoms. The number of para-hydroxylation sites is 1. The fourth-order valence-corrected chi connectivity index (χ4v) is 4.09. The van der Waals surface area contributed by atoms with Gasteiger partial charge in [0, 0.05) is 31.0 Å². The normalized spacial score (nSPS) is 13.3. The summed E-state index contributed by atoms with van der Waals surface area (Å²) < 4.78 is 1.83. The third kappa shape index (κ3) is 3.59. The maximum atomic E-state index is 13.1. The van der Waals surface area contributed by atoms with Crippen LogP contribution >= 0.6 is 0 Å². The molecule has 2 aromatic carbocycles. The van der Waals surface area contributed by atoms with Crippen LogP contribution in [0.1, 0.15) is 32.1 Å². The predicted molar refractivity (Wildman–Crippen MR) is 118 cm³/mol. The molecule has 5 rings (SSSR count). The first kappa shape index (κ1) is 19.1. The van der Waals surface area contributed by atoms with Gasteiger partial charge in [-0.15, -0.1) is 0 Å². The minimum Gasteiger partial charge on any atom is -0.351 e. The maximum absolute atomic E-state index is 13.1. The molecule has 2 aromatic heterocycles. The summed E-state index contributed by atoms with van der Waals surface area (Å²) in [5, 5.41) is 5.40. The van der Waals surface area contributed by atoms with E-state index in [0.29, 0.717) is 37.4 Å². The topological polar surface area (TPSA) is 74.2 Å². The predicted octanol–water partition coefficient (Wildman–Crippen LogP) is 3.29. The Labute approximate surface area is 179 Å². The average Bonchev–Trinajstić information content (AvgIpc) is 3.42. The van der Waals surface area contributed by atoms with E-state index in [4.69, 9.17) is 0 Å². The number of aromatic nitrogens is 3. The fourth-order valence-electron chi connectivity index (χ4n) is 4.09. The Hall–Kier alpha value is -3.87. The van der Waals surface area contributed by atoms with Crippen molar-refractivity contribution in [2.45, 2.75) is 19.6 Å². The van der Waals surface area contributed by atoms with Crippen LogP contribution in [0.2, 0.25) is 0 Å². The van der Waals surface area contributed by atoms with Crippen molar-refractivity contribution in [3.63, 3.8) is 0 Å². The number of carbonyl (C=O) groups is 2. The molecule has 7 nitrogen and oxygen atoms in total. The molecule has 1 N–H and O–H groups in total. The zero-order valence-electron chi connectivity index (χ0n) is 17.3. The minimum atomic E-state index is -0.0926. The summed E-state index contributed by atoms with van der Waals surface area (Å²) in [6.07, 6.45) is 1.62. The van der Waals surface area contributed by atoms with Crippen LogP contribution in [0.5, 0.6) is 0 Å². The van der Waals surface area contributed by atoms with E-state index in [2.05, 4.69) is 10.1 Å². The van der Waals surface area contributed by atoms with Gasteiger partial charge in [-0.3, -0.25) is 14.3 Å². The summed E-state index contributed by atoms with van der Waals surface area (Å²) in [5.74, 6) is -0.162. The van der Waals surface area contributed by atoms with Crippen LogP contribution in [0.25, 0.3) is 10.9 Å². The van der Waals surface area contributed by atoms with Crippen LogP contribution in [-0.2, 0) is 19.6 Å². The number of amides is 2. The lowest BCUT2D eigenvalue weighted by molar-refractivity contribution is 0.0690. The molecular weight excluding hydrogens is 390 g/mol. The highest BCUT2D eigenvalue weighted by Gasteiger charge is 2.28. The van der Waals surface area contributed by atoms with E-state index in [1.165, 1.54) is 0 Å². The van der Waals surface area contributed by atoms with Crippen molar-refractivity contribution in [1.82, 2.24) is 24.6 Å². The lowest BCUT2D eigenvalue weighted by atomic mass is 10.1. The number of nitrogens with one attached hydrogen (secondary N) is 1. The largest absolute Gasteiger partial charge is 0.351 e. The van der Waals surface area contributed by atoms with Gasteiger partial charge < -0.3 is 14.8 Å². The molecule has 156 valence electrons. The third-order valence-corrected chi connectivity index (χ3v) is 5.76. The van der Waals surface area contributed by atoms with Crippen LogP contribution in [0.3, 0.4) is 0 Å². The molecule has 0 unspecified atom stereocenters. The second-order valence-corrected chi connectivity index (χ2v) is 7.87. The summed E-state index contributed by atoms with van der Waals surface area (Å²) in [5.41, 5.74) is 3.89. The average molecular weight is 413 g/mol. The number of H-pyrrole nitrogens is 1. The SMILES string of the molecule is CN(Cc1ccccc1)C(=O)c1cnn2c1CN(C(=O)c1cc3ccccc3[nH]1)CC2. The Morgan fingerprint density at radius 3 is 2.65 bits per heavy atom. The molecule has 3 heterocycles. The number of rotatable bonds is 4. The highest BCUT2D eigenvalue weighted by Crippen LogP contribution is 2.22. The molecule has 0 saturated carbocycles. The molecule has 4 aromatic rings. The Balaban J connectivity index is 1.35. The van der Waals surface area contributed by atoms with E-state index in [-0.39, 0.29) is 11.8 Å². The number of aromatic amines is 1. The van der Waals surface area contributed by atoms with Crippen molar-refractivity contribution in [1.29, 1.82) is 0 Å². The quantitative estimate of drug-likeness (QED) is 0.558. The molecule has 1 aliphatic heterocycles. The van der Waals surface area contributed by atoms with Crippen LogP contribution < -0.4 is 0 Å². The summed E-state index contributed by atoms with van der Waals surface area (Å²) in [7, 11) is 1.79. The number of carbonyl (C=O) groups excluding carboxylic acids is 2. The first-order valence-electron chi connectivity index (χ1n) is 10.3. The van der Waals surface area contributed by atoms with Gasteiger partial charge in [0.15, 0.2) is 0 Å². The molecule has 0 aliphatic carbocycles. The van der Waals surface area contributed by atoms with E-state index in [1.54, 1.807) is 23.0 Å². The van der Waals surface area contributed by atoms with Crippen LogP contribution in [0, 0.1) is 0 Å². The molecular formula is C24H23N5O2. The van der Waals surface area contributed by atoms with Crippen molar-refractivity contribution < 1.29 is 9.59 Å². The Morgan fingerprint density at radius 1 is 1.06 bits per heavy atom. The zero-order valence-corrected chi connectivity index (χ0v) is 17.3. The molecule has 0 atom stereocenters. The molecule has 31 heavy (non-hydrogen) atoms. The van der Waals surface area contributed by atoms with Gasteiger partial charge >= 0.3 is 0 Å². The Kier molecular flexibility index (Phi) is 4.78. The van der Waals surface area contributed by atoms with Crippen molar-refractivity contribution in [3.8, 4) is 0 Å². The van der Waals surface area contributed by atoms with Gasteiger partial charge in [-0.2, -0.15) is 5.10 Å². The van der Waals surface area contributed by atoms with Gasteiger partial charge in [0.1, 0.15) is 5.69 Å². The molecule has 7 heteroatoms. The van der Waals surface area contributed by atoms with Gasteiger partial charge in [0.2, 0.25) is 0 Å². The maximum Gasteiger partial charge on any atom is 0.270 e. The number of nitrogens with zero attached hydrogens (tertiary/aromatic N) is 4. The van der Waals surface area contributed by atoms with Crippen molar-refractivity contribution in [2.24, 2.45) is 0 Å². The Morgan fingerprint density at radius 2 is 1.84 bits per heavy atom. The Bertz CT molecular complexity index is 1220. The van der Waals surface area contributed by atoms with Gasteiger partial charge in [-0.1, -0.05) is 48.5 Å². The first-order valence-corrected chi connectivity index (χ1v) is 10.3. The monoisotopic (exact) mass is 413 g/mol. The molecule has 0 fully saturated rings. The minimum absolute atomic E-state index is 0.0697. The smallest absolute Gasteiger partial charge is 0.270 e. The highest BCUT2D eigenvalue weighted by atomic mass is 16.2. The van der Waals surface area contributed by atoms with E-state index in [1.807, 2.05) is 65.3 Å². The second kappa shape index (κ2) is 7.75. The first-order chi connectivity index (χ1) is 15.1. The van der Waals surface area contributed by atoms with Crippen molar-refractivity contribution in [3.05, 3.63) is 89.4 Å². The third-order valence-electron chi connectivity index (χ3n) is 5.76. The molecule has 2 amide bonds. The molecule has 0 saturated heterocycles. The number of hydrogen-bond acceptors (Lipinski definition) is 3.